The summed E-state index contributed by atoms with van der Waals surface area (Å²) in [5, 5.41) is 21.7. The van der Waals surface area contributed by atoms with E-state index >= 15 is 0 Å². The van der Waals surface area contributed by atoms with Gasteiger partial charge in [-0.1, -0.05) is 78.0 Å². The fraction of sp³-hybridized carbons (Fsp3) is 0.393. The molecule has 0 radical (unpaired) electrons. The van der Waals surface area contributed by atoms with Crippen LogP contribution in [-0.2, 0) is 64.7 Å². The zero-order valence-electron chi connectivity index (χ0n) is 48.6. The quantitative estimate of drug-likeness (QED) is 0.0218. The second kappa shape index (κ2) is 27.6. The van der Waals surface area contributed by atoms with Crippen molar-refractivity contribution in [3.63, 3.8) is 0 Å². The summed E-state index contributed by atoms with van der Waals surface area (Å²) in [6.45, 7) is 14.1. The number of nitrogens with one attached hydrogen (secondary N) is 1. The molecular formula is C61H71N12O10P. The fourth-order valence-electron chi connectivity index (χ4n) is 9.89. The average Bonchev–Trinajstić information content (AvgIpc) is 2.30. The first-order chi connectivity index (χ1) is 40.6. The molecule has 1 amide bonds. The second-order valence-electron chi connectivity index (χ2n) is 21.5. The molecule has 1 fully saturated rings. The average molecular weight is 1160 g/mol. The van der Waals surface area contributed by atoms with Crippen LogP contribution in [0.2, 0.25) is 0 Å². The van der Waals surface area contributed by atoms with Gasteiger partial charge in [0, 0.05) is 42.5 Å². The lowest BCUT2D eigenvalue weighted by atomic mass is 9.80. The molecule has 4 aromatic carbocycles. The van der Waals surface area contributed by atoms with Crippen molar-refractivity contribution in [1.29, 1.82) is 5.26 Å². The molecule has 1 saturated heterocycles. The predicted octanol–water partition coefficient (Wildman–Crippen LogP) is 9.83. The molecule has 5 atom stereocenters. The molecule has 9 rings (SSSR count). The Morgan fingerprint density at radius 2 is 1.49 bits per heavy atom. The van der Waals surface area contributed by atoms with Gasteiger partial charge in [-0.3, -0.25) is 18.8 Å². The van der Waals surface area contributed by atoms with Crippen LogP contribution in [0.5, 0.6) is 11.5 Å². The summed E-state index contributed by atoms with van der Waals surface area (Å²) in [5.74, 6) is 0.816. The lowest BCUT2D eigenvalue weighted by Crippen LogP contribution is -2.43. The molecule has 1 unspecified atom stereocenters. The van der Waals surface area contributed by atoms with Crippen molar-refractivity contribution in [3.05, 3.63) is 174 Å². The topological polar surface area (TPSA) is 239 Å². The summed E-state index contributed by atoms with van der Waals surface area (Å²) in [4.78, 5) is 44.5. The lowest BCUT2D eigenvalue weighted by molar-refractivity contribution is -0.157. The van der Waals surface area contributed by atoms with E-state index in [1.807, 2.05) is 84.9 Å². The highest BCUT2D eigenvalue weighted by Gasteiger charge is 2.52. The van der Waals surface area contributed by atoms with Crippen molar-refractivity contribution < 1.29 is 47.1 Å². The Morgan fingerprint density at radius 1 is 0.833 bits per heavy atom. The van der Waals surface area contributed by atoms with Gasteiger partial charge in [-0.15, -0.1) is 5.10 Å². The molecule has 0 aliphatic carbocycles. The van der Waals surface area contributed by atoms with Gasteiger partial charge in [-0.25, -0.2) is 24.6 Å². The monoisotopic (exact) mass is 1160 g/mol. The summed E-state index contributed by atoms with van der Waals surface area (Å²) >= 11 is 0. The maximum absolute atomic E-state index is 13.6. The number of esters is 1. The largest absolute Gasteiger partial charge is 0.497 e. The van der Waals surface area contributed by atoms with E-state index in [4.69, 9.17) is 47.4 Å². The van der Waals surface area contributed by atoms with Gasteiger partial charge in [-0.05, 0) is 102 Å². The van der Waals surface area contributed by atoms with Gasteiger partial charge >= 0.3 is 5.97 Å². The summed E-state index contributed by atoms with van der Waals surface area (Å²) < 4.78 is 60.3. The smallest absolute Gasteiger partial charge is 0.312 e. The zero-order chi connectivity index (χ0) is 59.4. The number of anilines is 1. The third kappa shape index (κ3) is 14.0. The fourth-order valence-corrected chi connectivity index (χ4v) is 11.7. The van der Waals surface area contributed by atoms with Gasteiger partial charge in [-0.2, -0.15) is 5.26 Å². The normalized spacial score (nSPS) is 16.8. The number of rotatable bonds is 27. The number of aromatic nitrogens is 9. The van der Waals surface area contributed by atoms with Crippen molar-refractivity contribution in [2.24, 2.45) is 5.41 Å². The number of hydrogen-bond donors (Lipinski definition) is 1. The van der Waals surface area contributed by atoms with Crippen LogP contribution in [0.25, 0.3) is 11.2 Å². The molecule has 1 aliphatic rings. The van der Waals surface area contributed by atoms with Crippen LogP contribution in [0.3, 0.4) is 0 Å². The number of aryl methyl sites for hydroxylation is 2. The minimum Gasteiger partial charge on any atom is -0.497 e. The van der Waals surface area contributed by atoms with E-state index in [9.17, 15) is 14.9 Å². The minimum atomic E-state index is -1.93. The Hall–Kier alpha value is -8.00. The van der Waals surface area contributed by atoms with Crippen LogP contribution in [0.15, 0.2) is 141 Å². The molecule has 84 heavy (non-hydrogen) atoms. The molecule has 440 valence electrons. The predicted molar refractivity (Wildman–Crippen MR) is 312 cm³/mol. The van der Waals surface area contributed by atoms with Crippen molar-refractivity contribution in [1.82, 2.24) is 48.7 Å². The van der Waals surface area contributed by atoms with Crippen LogP contribution in [0.1, 0.15) is 99.6 Å². The number of amides is 1. The maximum Gasteiger partial charge on any atom is 0.312 e. The number of methoxy groups -OCH3 is 2. The van der Waals surface area contributed by atoms with Crippen LogP contribution in [0, 0.1) is 16.7 Å². The number of fused-ring (bicyclic) bond motifs is 1. The Balaban J connectivity index is 1.12. The number of hydrogen-bond acceptors (Lipinski definition) is 18. The highest BCUT2D eigenvalue weighted by molar-refractivity contribution is 7.44. The molecule has 22 nitrogen and oxygen atoms in total. The molecule has 0 saturated carbocycles. The molecule has 8 aromatic rings. The van der Waals surface area contributed by atoms with Gasteiger partial charge in [0.05, 0.1) is 70.8 Å². The molecule has 4 aromatic heterocycles. The summed E-state index contributed by atoms with van der Waals surface area (Å²) in [5.41, 5.74) is 2.90. The molecule has 1 N–H and O–H groups in total. The molecule has 5 heterocycles. The molecule has 1 aliphatic heterocycles. The number of nitriles is 1. The number of carbonyl (C=O) groups excluding carboxylic acids is 2. The Bertz CT molecular complexity index is 3400. The van der Waals surface area contributed by atoms with Gasteiger partial charge in [0.25, 0.3) is 14.4 Å². The Kier molecular flexibility index (Phi) is 19.9. The van der Waals surface area contributed by atoms with Gasteiger partial charge < -0.3 is 47.4 Å². The van der Waals surface area contributed by atoms with Crippen LogP contribution in [0.4, 0.5) is 5.82 Å². The highest BCUT2D eigenvalue weighted by Crippen LogP contribution is 2.52. The summed E-state index contributed by atoms with van der Waals surface area (Å²) in [7, 11) is 1.31. The first kappa shape index (κ1) is 60.6. The standard InChI is InChI=1S/C61H71N12O10P/c1-41(2)73(42(3)4)84(81-32-16-30-62)83-53-51(36-80-61(44-19-14-11-15-20-44,45-21-25-49(76-8)26-22-45)46-23-27-50(77-9)28-24-46)82-58(72-39-66-52-55(64-37-65-56(52)72)67-57(74)43-17-12-10-13-18-43)54(53)78-35-47-34-71(69-68-47)31-29-48-33-63-38-70(48)40-79-59(75)60(5,6)7/h10-15,17-28,33-34,37-39,41-42,51,53-54,58H,16,29,31-32,35-36,40H2,1-9H3,(H,64,65,67,74)/t51-,53-,54-,58-,84?/m1/s1. The minimum absolute atomic E-state index is 0.0253. The zero-order valence-corrected chi connectivity index (χ0v) is 49.5. The molecule has 23 heteroatoms. The number of ether oxygens (including phenoxy) is 6. The third-order valence-corrected chi connectivity index (χ3v) is 16.2. The first-order valence-corrected chi connectivity index (χ1v) is 28.8. The number of imidazole rings is 2. The summed E-state index contributed by atoms with van der Waals surface area (Å²) in [6, 6.07) is 36.4. The SMILES string of the molecule is COc1ccc(C(OC[C@H]2O[C@@H](n3cnc4c(NC(=O)c5ccccc5)ncnc43)[C@H](OCc3cn(CCc4cncn4COC(=O)C(C)(C)C)nn3)[C@@H]2OP(OCCC#N)N(C(C)C)C(C)C)(c2ccccc2)c2ccc(OC)cc2)cc1. The number of carbonyl (C=O) groups is 2. The first-order valence-electron chi connectivity index (χ1n) is 27.7. The van der Waals surface area contributed by atoms with Crippen molar-refractivity contribution in [3.8, 4) is 17.6 Å². The van der Waals surface area contributed by atoms with Gasteiger partial charge in [0.2, 0.25) is 0 Å². The summed E-state index contributed by atoms with van der Waals surface area (Å²) in [6.07, 6.45) is 4.81. The van der Waals surface area contributed by atoms with Crippen molar-refractivity contribution >= 4 is 37.4 Å². The van der Waals surface area contributed by atoms with Gasteiger partial charge in [0.1, 0.15) is 47.4 Å². The van der Waals surface area contributed by atoms with Crippen LogP contribution < -0.4 is 14.8 Å². The number of nitrogens with zero attached hydrogens (tertiary/aromatic N) is 11. The van der Waals surface area contributed by atoms with E-state index in [-0.39, 0.29) is 62.8 Å². The Morgan fingerprint density at radius 3 is 2.12 bits per heavy atom. The highest BCUT2D eigenvalue weighted by atomic mass is 31.2. The van der Waals surface area contributed by atoms with E-state index in [0.29, 0.717) is 46.9 Å². The van der Waals surface area contributed by atoms with E-state index in [1.165, 1.54) is 6.33 Å². The lowest BCUT2D eigenvalue weighted by Gasteiger charge is -2.39. The molecule has 0 bridgehead atoms. The Labute approximate surface area is 489 Å². The van der Waals surface area contributed by atoms with Crippen LogP contribution in [-0.4, -0.2) is 118 Å². The maximum atomic E-state index is 13.6. The van der Waals surface area contributed by atoms with E-state index in [1.54, 1.807) is 98.1 Å². The second-order valence-corrected chi connectivity index (χ2v) is 22.9. The van der Waals surface area contributed by atoms with Gasteiger partial charge in [0.15, 0.2) is 29.9 Å². The van der Waals surface area contributed by atoms with Crippen LogP contribution >= 0.6 is 8.53 Å². The molecular weight excluding hydrogens is 1090 g/mol. The number of benzene rings is 4. The van der Waals surface area contributed by atoms with Crippen molar-refractivity contribution in [2.75, 3.05) is 32.8 Å². The molecule has 0 spiro atoms. The van der Waals surface area contributed by atoms with Crippen molar-refractivity contribution in [2.45, 2.75) is 123 Å². The van der Waals surface area contributed by atoms with E-state index < -0.39 is 44.1 Å². The van der Waals surface area contributed by atoms with E-state index in [2.05, 4.69) is 64.0 Å². The van der Waals surface area contributed by atoms with E-state index in [0.717, 1.165) is 22.4 Å². The third-order valence-electron chi connectivity index (χ3n) is 14.1.